The number of esters is 1. The number of aromatic nitrogens is 2. The van der Waals surface area contributed by atoms with E-state index in [2.05, 4.69) is 16.9 Å². The molecule has 1 aromatic heterocycles. The van der Waals surface area contributed by atoms with Crippen molar-refractivity contribution in [3.05, 3.63) is 18.1 Å². The zero-order chi connectivity index (χ0) is 15.2. The minimum absolute atomic E-state index is 0.000596. The van der Waals surface area contributed by atoms with Gasteiger partial charge in [-0.05, 0) is 25.7 Å². The van der Waals surface area contributed by atoms with Crippen molar-refractivity contribution in [3.63, 3.8) is 0 Å². The van der Waals surface area contributed by atoms with Gasteiger partial charge in [-0.2, -0.15) is 0 Å². The van der Waals surface area contributed by atoms with Crippen LogP contribution in [0, 0.1) is 0 Å². The van der Waals surface area contributed by atoms with Crippen LogP contribution in [0.4, 0.5) is 5.82 Å². The number of amides is 1. The number of ether oxygens (including phenoxy) is 1. The number of nitrogens with zero attached hydrogens (tertiary/aromatic N) is 3. The zero-order valence-electron chi connectivity index (χ0n) is 12.1. The van der Waals surface area contributed by atoms with Gasteiger partial charge in [0, 0.05) is 25.0 Å². The average molecular weight is 292 g/mol. The first-order chi connectivity index (χ1) is 10.1. The van der Waals surface area contributed by atoms with Crippen LogP contribution in [0.2, 0.25) is 0 Å². The molecule has 1 aliphatic rings. The van der Waals surface area contributed by atoms with Crippen LogP contribution in [-0.4, -0.2) is 45.9 Å². The van der Waals surface area contributed by atoms with Crippen molar-refractivity contribution in [1.82, 2.24) is 14.9 Å². The Morgan fingerprint density at radius 2 is 2.14 bits per heavy atom. The summed E-state index contributed by atoms with van der Waals surface area (Å²) in [4.78, 5) is 33.4. The third-order valence-electron chi connectivity index (χ3n) is 3.67. The van der Waals surface area contributed by atoms with Crippen molar-refractivity contribution in [2.75, 3.05) is 18.9 Å². The van der Waals surface area contributed by atoms with E-state index in [1.54, 1.807) is 4.90 Å². The van der Waals surface area contributed by atoms with Crippen molar-refractivity contribution in [1.29, 1.82) is 0 Å². The highest BCUT2D eigenvalue weighted by atomic mass is 16.5. The number of hydrogen-bond acceptors (Lipinski definition) is 6. The molecule has 1 fully saturated rings. The van der Waals surface area contributed by atoms with E-state index in [4.69, 9.17) is 10.5 Å². The van der Waals surface area contributed by atoms with E-state index in [-0.39, 0.29) is 30.1 Å². The fraction of sp³-hybridized carbons (Fsp3) is 0.571. The molecule has 0 radical (unpaired) electrons. The molecule has 2 heterocycles. The second-order valence-corrected chi connectivity index (χ2v) is 5.01. The molecule has 114 valence electrons. The summed E-state index contributed by atoms with van der Waals surface area (Å²) < 4.78 is 5.00. The molecule has 1 aliphatic heterocycles. The van der Waals surface area contributed by atoms with Crippen molar-refractivity contribution in [2.45, 2.75) is 38.6 Å². The summed E-state index contributed by atoms with van der Waals surface area (Å²) in [6, 6.07) is 0.242. The molecule has 0 bridgehead atoms. The van der Waals surface area contributed by atoms with Crippen LogP contribution in [0.15, 0.2) is 12.4 Å². The highest BCUT2D eigenvalue weighted by Crippen LogP contribution is 2.19. The summed E-state index contributed by atoms with van der Waals surface area (Å²) in [5.41, 5.74) is 5.49. The summed E-state index contributed by atoms with van der Waals surface area (Å²) in [7, 11) is 0. The maximum Gasteiger partial charge on any atom is 0.361 e. The molecule has 0 unspecified atom stereocenters. The number of carbonyl (C=O) groups is 2. The van der Waals surface area contributed by atoms with Gasteiger partial charge in [0.25, 0.3) is 5.91 Å². The molecular formula is C14H20N4O3. The van der Waals surface area contributed by atoms with E-state index in [9.17, 15) is 9.59 Å². The smallest absolute Gasteiger partial charge is 0.361 e. The van der Waals surface area contributed by atoms with Gasteiger partial charge in [0.15, 0.2) is 18.1 Å². The first-order valence-corrected chi connectivity index (χ1v) is 7.16. The Hall–Kier alpha value is -2.18. The molecule has 1 amide bonds. The lowest BCUT2D eigenvalue weighted by Gasteiger charge is -2.35. The molecule has 0 spiro atoms. The largest absolute Gasteiger partial charge is 0.451 e. The predicted molar refractivity (Wildman–Crippen MR) is 76.4 cm³/mol. The molecule has 0 aromatic carbocycles. The Labute approximate surface area is 123 Å². The van der Waals surface area contributed by atoms with E-state index in [1.807, 2.05) is 0 Å². The van der Waals surface area contributed by atoms with Gasteiger partial charge in [0.2, 0.25) is 0 Å². The summed E-state index contributed by atoms with van der Waals surface area (Å²) >= 11 is 0. The second-order valence-electron chi connectivity index (χ2n) is 5.01. The first kappa shape index (κ1) is 15.2. The van der Waals surface area contributed by atoms with Crippen LogP contribution in [0.25, 0.3) is 0 Å². The zero-order valence-corrected chi connectivity index (χ0v) is 12.1. The normalized spacial score (nSPS) is 18.3. The van der Waals surface area contributed by atoms with Crippen LogP contribution in [0.5, 0.6) is 0 Å². The standard InChI is InChI=1S/C14H20N4O3/c1-2-10-5-3-4-8-18(10)11(19)9-21-14(20)12-13(15)17-7-6-16-12/h6-7,10H,2-5,8-9H2,1H3,(H2,15,17)/t10-/m0/s1. The fourth-order valence-electron chi connectivity index (χ4n) is 2.54. The van der Waals surface area contributed by atoms with Crippen LogP contribution in [0.3, 0.4) is 0 Å². The van der Waals surface area contributed by atoms with Crippen molar-refractivity contribution >= 4 is 17.7 Å². The third kappa shape index (κ3) is 3.68. The summed E-state index contributed by atoms with van der Waals surface area (Å²) in [5, 5.41) is 0. The molecule has 1 aromatic rings. The first-order valence-electron chi connectivity index (χ1n) is 7.16. The molecule has 7 nitrogen and oxygen atoms in total. The van der Waals surface area contributed by atoms with Crippen LogP contribution in [-0.2, 0) is 9.53 Å². The topological polar surface area (TPSA) is 98.4 Å². The van der Waals surface area contributed by atoms with Gasteiger partial charge in [-0.1, -0.05) is 6.92 Å². The Morgan fingerprint density at radius 1 is 1.38 bits per heavy atom. The van der Waals surface area contributed by atoms with Gasteiger partial charge in [-0.25, -0.2) is 14.8 Å². The summed E-state index contributed by atoms with van der Waals surface area (Å²) in [6.45, 7) is 2.50. The summed E-state index contributed by atoms with van der Waals surface area (Å²) in [5.74, 6) is -0.893. The van der Waals surface area contributed by atoms with E-state index in [1.165, 1.54) is 12.4 Å². The van der Waals surface area contributed by atoms with Gasteiger partial charge in [-0.3, -0.25) is 4.79 Å². The summed E-state index contributed by atoms with van der Waals surface area (Å²) in [6.07, 6.45) is 6.79. The molecule has 2 N–H and O–H groups in total. The number of hydrogen-bond donors (Lipinski definition) is 1. The van der Waals surface area contributed by atoms with Crippen LogP contribution >= 0.6 is 0 Å². The Kier molecular flexibility index (Phi) is 5.08. The van der Waals surface area contributed by atoms with Gasteiger partial charge in [-0.15, -0.1) is 0 Å². The molecular weight excluding hydrogens is 272 g/mol. The van der Waals surface area contributed by atoms with E-state index in [0.717, 1.165) is 32.2 Å². The SMILES string of the molecule is CC[C@H]1CCCCN1C(=O)COC(=O)c1nccnc1N. The van der Waals surface area contributed by atoms with Crippen molar-refractivity contribution in [3.8, 4) is 0 Å². The monoisotopic (exact) mass is 292 g/mol. The van der Waals surface area contributed by atoms with Gasteiger partial charge in [0.1, 0.15) is 0 Å². The molecule has 0 saturated carbocycles. The van der Waals surface area contributed by atoms with E-state index >= 15 is 0 Å². The number of nitrogens with two attached hydrogens (primary N) is 1. The minimum Gasteiger partial charge on any atom is -0.451 e. The van der Waals surface area contributed by atoms with Gasteiger partial charge < -0.3 is 15.4 Å². The van der Waals surface area contributed by atoms with Crippen molar-refractivity contribution in [2.24, 2.45) is 0 Å². The quantitative estimate of drug-likeness (QED) is 0.831. The lowest BCUT2D eigenvalue weighted by atomic mass is 10.00. The van der Waals surface area contributed by atoms with Gasteiger partial charge in [0.05, 0.1) is 0 Å². The highest BCUT2D eigenvalue weighted by Gasteiger charge is 2.26. The third-order valence-corrected chi connectivity index (χ3v) is 3.67. The fourth-order valence-corrected chi connectivity index (χ4v) is 2.54. The molecule has 0 aliphatic carbocycles. The Bertz CT molecular complexity index is 521. The van der Waals surface area contributed by atoms with E-state index < -0.39 is 5.97 Å². The molecule has 1 saturated heterocycles. The lowest BCUT2D eigenvalue weighted by Crippen LogP contribution is -2.45. The Balaban J connectivity index is 1.91. The maximum absolute atomic E-state index is 12.2. The second kappa shape index (κ2) is 7.01. The van der Waals surface area contributed by atoms with Crippen LogP contribution in [0.1, 0.15) is 43.1 Å². The average Bonchev–Trinajstić information content (AvgIpc) is 2.52. The number of carbonyl (C=O) groups excluding carboxylic acids is 2. The minimum atomic E-state index is -0.723. The number of piperidine rings is 1. The molecule has 2 rings (SSSR count). The van der Waals surface area contributed by atoms with Gasteiger partial charge >= 0.3 is 5.97 Å². The molecule has 7 heteroatoms. The number of rotatable bonds is 4. The number of likely N-dealkylation sites (tertiary alicyclic amines) is 1. The predicted octanol–water partition coefficient (Wildman–Crippen LogP) is 1.01. The Morgan fingerprint density at radius 3 is 2.86 bits per heavy atom. The molecule has 1 atom stereocenters. The maximum atomic E-state index is 12.2. The van der Waals surface area contributed by atoms with Crippen molar-refractivity contribution < 1.29 is 14.3 Å². The van der Waals surface area contributed by atoms with Crippen LogP contribution < -0.4 is 5.73 Å². The number of nitrogen functional groups attached to an aromatic ring is 1. The van der Waals surface area contributed by atoms with E-state index in [0.29, 0.717) is 0 Å². The lowest BCUT2D eigenvalue weighted by molar-refractivity contribution is -0.138. The highest BCUT2D eigenvalue weighted by molar-refractivity contribution is 5.93. The molecule has 21 heavy (non-hydrogen) atoms. The number of anilines is 1.